The highest BCUT2D eigenvalue weighted by Gasteiger charge is 2.09. The maximum atomic E-state index is 11.8. The van der Waals surface area contributed by atoms with Gasteiger partial charge in [0.2, 0.25) is 0 Å². The van der Waals surface area contributed by atoms with Gasteiger partial charge in [0.25, 0.3) is 0 Å². The first-order valence-electron chi connectivity index (χ1n) is 6.89. The van der Waals surface area contributed by atoms with E-state index in [-0.39, 0.29) is 6.03 Å². The minimum atomic E-state index is -0.522. The Morgan fingerprint density at radius 3 is 2.62 bits per heavy atom. The molecular weight excluding hydrogens is 284 g/mol. The highest BCUT2D eigenvalue weighted by atomic mass is 32.1. The maximum Gasteiger partial charge on any atom is 0.319 e. The maximum absolute atomic E-state index is 11.8. The van der Waals surface area contributed by atoms with Crippen molar-refractivity contribution in [3.8, 4) is 0 Å². The van der Waals surface area contributed by atoms with Gasteiger partial charge in [0.15, 0.2) is 0 Å². The SMILES string of the molecule is Cc1cc(C)cc(NC(=O)NCCC(O)c2cccs2)c1. The van der Waals surface area contributed by atoms with Gasteiger partial charge in [-0.15, -0.1) is 11.3 Å². The standard InChI is InChI=1S/C16H20N2O2S/c1-11-8-12(2)10-13(9-11)18-16(20)17-6-5-14(19)15-4-3-7-21-15/h3-4,7-10,14,19H,5-6H2,1-2H3,(H2,17,18,20). The smallest absolute Gasteiger partial charge is 0.319 e. The van der Waals surface area contributed by atoms with Crippen LogP contribution in [0.4, 0.5) is 10.5 Å². The number of rotatable bonds is 5. The van der Waals surface area contributed by atoms with Gasteiger partial charge in [-0.05, 0) is 55.0 Å². The van der Waals surface area contributed by atoms with E-state index in [0.717, 1.165) is 21.7 Å². The van der Waals surface area contributed by atoms with Gasteiger partial charge in [-0.1, -0.05) is 12.1 Å². The quantitative estimate of drug-likeness (QED) is 0.790. The fraction of sp³-hybridized carbons (Fsp3) is 0.312. The number of aliphatic hydroxyl groups is 1. The lowest BCUT2D eigenvalue weighted by molar-refractivity contribution is 0.171. The van der Waals surface area contributed by atoms with Crippen LogP contribution in [-0.2, 0) is 0 Å². The zero-order chi connectivity index (χ0) is 15.2. The summed E-state index contributed by atoms with van der Waals surface area (Å²) in [4.78, 5) is 12.7. The molecule has 2 aromatic rings. The van der Waals surface area contributed by atoms with Crippen molar-refractivity contribution in [1.82, 2.24) is 5.32 Å². The van der Waals surface area contributed by atoms with Crippen molar-refractivity contribution in [3.63, 3.8) is 0 Å². The van der Waals surface area contributed by atoms with Crippen LogP contribution in [0.2, 0.25) is 0 Å². The molecule has 0 aliphatic heterocycles. The minimum Gasteiger partial charge on any atom is -0.388 e. The molecule has 1 atom stereocenters. The Kier molecular flexibility index (Phi) is 5.36. The first kappa shape index (κ1) is 15.5. The summed E-state index contributed by atoms with van der Waals surface area (Å²) in [5.41, 5.74) is 3.00. The number of urea groups is 1. The third-order valence-electron chi connectivity index (χ3n) is 3.05. The Bertz CT molecular complexity index is 576. The fourth-order valence-electron chi connectivity index (χ4n) is 2.17. The highest BCUT2D eigenvalue weighted by Crippen LogP contribution is 2.21. The Labute approximate surface area is 128 Å². The topological polar surface area (TPSA) is 61.4 Å². The van der Waals surface area contributed by atoms with E-state index in [1.807, 2.05) is 43.5 Å². The van der Waals surface area contributed by atoms with Crippen LogP contribution in [0.3, 0.4) is 0 Å². The lowest BCUT2D eigenvalue weighted by Gasteiger charge is -2.11. The summed E-state index contributed by atoms with van der Waals surface area (Å²) >= 11 is 1.52. The van der Waals surface area contributed by atoms with E-state index in [2.05, 4.69) is 16.7 Å². The van der Waals surface area contributed by atoms with Crippen LogP contribution < -0.4 is 10.6 Å². The van der Waals surface area contributed by atoms with Crippen molar-refractivity contribution in [2.24, 2.45) is 0 Å². The van der Waals surface area contributed by atoms with Gasteiger partial charge in [-0.2, -0.15) is 0 Å². The molecule has 0 saturated carbocycles. The predicted octanol–water partition coefficient (Wildman–Crippen LogP) is 3.61. The van der Waals surface area contributed by atoms with Crippen LogP contribution in [0.25, 0.3) is 0 Å². The van der Waals surface area contributed by atoms with E-state index < -0.39 is 6.10 Å². The number of thiophene rings is 1. The van der Waals surface area contributed by atoms with Crippen LogP contribution >= 0.6 is 11.3 Å². The van der Waals surface area contributed by atoms with Crippen molar-refractivity contribution < 1.29 is 9.90 Å². The Hall–Kier alpha value is -1.85. The number of hydrogen-bond acceptors (Lipinski definition) is 3. The normalized spacial score (nSPS) is 12.0. The Morgan fingerprint density at radius 2 is 2.00 bits per heavy atom. The predicted molar refractivity (Wildman–Crippen MR) is 86.8 cm³/mol. The second kappa shape index (κ2) is 7.24. The Balaban J connectivity index is 1.77. The van der Waals surface area contributed by atoms with Gasteiger partial charge in [0, 0.05) is 17.1 Å². The molecule has 1 heterocycles. The molecule has 0 spiro atoms. The molecule has 0 fully saturated rings. The zero-order valence-corrected chi connectivity index (χ0v) is 13.0. The van der Waals surface area contributed by atoms with Gasteiger partial charge in [-0.3, -0.25) is 0 Å². The molecule has 0 bridgehead atoms. The number of benzene rings is 1. The fourth-order valence-corrected chi connectivity index (χ4v) is 2.91. The largest absolute Gasteiger partial charge is 0.388 e. The number of carbonyl (C=O) groups is 1. The van der Waals surface area contributed by atoms with Crippen LogP contribution in [0, 0.1) is 13.8 Å². The van der Waals surface area contributed by atoms with Gasteiger partial charge in [-0.25, -0.2) is 4.79 Å². The van der Waals surface area contributed by atoms with E-state index in [1.54, 1.807) is 0 Å². The first-order valence-corrected chi connectivity index (χ1v) is 7.77. The average molecular weight is 304 g/mol. The monoisotopic (exact) mass is 304 g/mol. The molecule has 0 aliphatic rings. The second-order valence-electron chi connectivity index (χ2n) is 5.08. The van der Waals surface area contributed by atoms with Crippen molar-refractivity contribution in [2.75, 3.05) is 11.9 Å². The van der Waals surface area contributed by atoms with Crippen LogP contribution in [0.1, 0.15) is 28.5 Å². The zero-order valence-electron chi connectivity index (χ0n) is 12.2. The van der Waals surface area contributed by atoms with Crippen LogP contribution in [0.5, 0.6) is 0 Å². The molecule has 1 aromatic carbocycles. The van der Waals surface area contributed by atoms with E-state index in [4.69, 9.17) is 0 Å². The number of aryl methyl sites for hydroxylation is 2. The molecule has 1 aromatic heterocycles. The Morgan fingerprint density at radius 1 is 1.29 bits per heavy atom. The van der Waals surface area contributed by atoms with E-state index >= 15 is 0 Å². The lowest BCUT2D eigenvalue weighted by atomic mass is 10.1. The summed E-state index contributed by atoms with van der Waals surface area (Å²) < 4.78 is 0. The number of amides is 2. The highest BCUT2D eigenvalue weighted by molar-refractivity contribution is 7.10. The molecular formula is C16H20N2O2S. The molecule has 0 aliphatic carbocycles. The summed E-state index contributed by atoms with van der Waals surface area (Å²) in [7, 11) is 0. The van der Waals surface area contributed by atoms with Gasteiger partial charge < -0.3 is 15.7 Å². The molecule has 21 heavy (non-hydrogen) atoms. The number of hydrogen-bond donors (Lipinski definition) is 3. The molecule has 5 heteroatoms. The van der Waals surface area contributed by atoms with Gasteiger partial charge >= 0.3 is 6.03 Å². The molecule has 112 valence electrons. The molecule has 2 amide bonds. The average Bonchev–Trinajstić information content (AvgIpc) is 2.90. The summed E-state index contributed by atoms with van der Waals surface area (Å²) in [6, 6.07) is 9.45. The molecule has 3 N–H and O–H groups in total. The molecule has 0 saturated heterocycles. The number of nitrogens with one attached hydrogen (secondary N) is 2. The van der Waals surface area contributed by atoms with Gasteiger partial charge in [0.1, 0.15) is 0 Å². The third kappa shape index (κ3) is 4.88. The lowest BCUT2D eigenvalue weighted by Crippen LogP contribution is -2.30. The first-order chi connectivity index (χ1) is 10.0. The minimum absolute atomic E-state index is 0.252. The van der Waals surface area contributed by atoms with E-state index in [0.29, 0.717) is 13.0 Å². The third-order valence-corrected chi connectivity index (χ3v) is 4.03. The van der Waals surface area contributed by atoms with Crippen LogP contribution in [0.15, 0.2) is 35.7 Å². The number of carbonyl (C=O) groups excluding carboxylic acids is 1. The second-order valence-corrected chi connectivity index (χ2v) is 6.06. The van der Waals surface area contributed by atoms with Crippen molar-refractivity contribution in [1.29, 1.82) is 0 Å². The van der Waals surface area contributed by atoms with Crippen molar-refractivity contribution in [2.45, 2.75) is 26.4 Å². The summed E-state index contributed by atoms with van der Waals surface area (Å²) in [6.45, 7) is 4.41. The van der Waals surface area contributed by atoms with Gasteiger partial charge in [0.05, 0.1) is 6.10 Å². The van der Waals surface area contributed by atoms with Crippen molar-refractivity contribution in [3.05, 3.63) is 51.7 Å². The molecule has 4 nitrogen and oxygen atoms in total. The summed E-state index contributed by atoms with van der Waals surface area (Å²) in [5, 5.41) is 17.4. The van der Waals surface area contributed by atoms with Crippen molar-refractivity contribution >= 4 is 23.1 Å². The van der Waals surface area contributed by atoms with Crippen LogP contribution in [-0.4, -0.2) is 17.7 Å². The molecule has 0 radical (unpaired) electrons. The number of aliphatic hydroxyl groups excluding tert-OH is 1. The molecule has 1 unspecified atom stereocenters. The van der Waals surface area contributed by atoms with E-state index in [1.165, 1.54) is 11.3 Å². The number of anilines is 1. The molecule has 2 rings (SSSR count). The summed E-state index contributed by atoms with van der Waals surface area (Å²) in [5.74, 6) is 0. The van der Waals surface area contributed by atoms with E-state index in [9.17, 15) is 9.90 Å². The summed E-state index contributed by atoms with van der Waals surface area (Å²) in [6.07, 6.45) is -0.0210.